The molecule has 0 atom stereocenters. The van der Waals surface area contributed by atoms with Crippen LogP contribution < -0.4 is 5.32 Å². The van der Waals surface area contributed by atoms with Crippen molar-refractivity contribution in [2.75, 3.05) is 19.4 Å². The molecule has 1 heterocycles. The van der Waals surface area contributed by atoms with E-state index in [1.165, 1.54) is 18.8 Å². The summed E-state index contributed by atoms with van der Waals surface area (Å²) < 4.78 is 27.5. The van der Waals surface area contributed by atoms with Crippen molar-refractivity contribution >= 4 is 21.6 Å². The van der Waals surface area contributed by atoms with Crippen molar-refractivity contribution in [3.05, 3.63) is 40.2 Å². The van der Waals surface area contributed by atoms with E-state index >= 15 is 0 Å². The second kappa shape index (κ2) is 7.20. The number of aryl methyl sites for hydroxylation is 4. The number of hydrogen-bond acceptors (Lipinski definition) is 4. The van der Waals surface area contributed by atoms with Crippen molar-refractivity contribution in [2.24, 2.45) is 0 Å². The first-order valence-corrected chi connectivity index (χ1v) is 9.73. The zero-order chi connectivity index (χ0) is 19.8. The standard InChI is InChI=1S/C18H26N4O3S/c1-11-8-12(2)17(13(3)9-11)19-16(23)10-22-15(5)18(14(4)20-22)26(24,25)21(6)7/h8-9H,10H2,1-7H3,(H,19,23). The van der Waals surface area contributed by atoms with Crippen LogP contribution in [0, 0.1) is 34.6 Å². The van der Waals surface area contributed by atoms with Crippen LogP contribution in [0.4, 0.5) is 5.69 Å². The van der Waals surface area contributed by atoms with E-state index < -0.39 is 10.0 Å². The van der Waals surface area contributed by atoms with Gasteiger partial charge in [-0.1, -0.05) is 17.7 Å². The molecule has 0 unspecified atom stereocenters. The van der Waals surface area contributed by atoms with E-state index in [0.717, 1.165) is 26.7 Å². The molecule has 0 saturated heterocycles. The van der Waals surface area contributed by atoms with Crippen LogP contribution in [0.25, 0.3) is 0 Å². The molecule has 0 saturated carbocycles. The molecule has 2 rings (SSSR count). The molecule has 142 valence electrons. The minimum Gasteiger partial charge on any atom is -0.324 e. The summed E-state index contributed by atoms with van der Waals surface area (Å²) in [6, 6.07) is 4.02. The number of hydrogen-bond donors (Lipinski definition) is 1. The van der Waals surface area contributed by atoms with Crippen LogP contribution in [-0.4, -0.2) is 42.5 Å². The van der Waals surface area contributed by atoms with E-state index in [0.29, 0.717) is 11.4 Å². The molecule has 0 bridgehead atoms. The zero-order valence-corrected chi connectivity index (χ0v) is 17.2. The average Bonchev–Trinajstić information content (AvgIpc) is 2.77. The monoisotopic (exact) mass is 378 g/mol. The predicted octanol–water partition coefficient (Wildman–Crippen LogP) is 2.31. The van der Waals surface area contributed by atoms with E-state index in [1.807, 2.05) is 32.9 Å². The Morgan fingerprint density at radius 1 is 1.12 bits per heavy atom. The van der Waals surface area contributed by atoms with Crippen LogP contribution in [0.1, 0.15) is 28.1 Å². The third kappa shape index (κ3) is 3.81. The number of carbonyl (C=O) groups excluding carboxylic acids is 1. The fraction of sp³-hybridized carbons (Fsp3) is 0.444. The van der Waals surface area contributed by atoms with Gasteiger partial charge in [0.1, 0.15) is 11.4 Å². The largest absolute Gasteiger partial charge is 0.324 e. The van der Waals surface area contributed by atoms with E-state index in [2.05, 4.69) is 10.4 Å². The Kier molecular flexibility index (Phi) is 5.58. The van der Waals surface area contributed by atoms with Gasteiger partial charge >= 0.3 is 0 Å². The van der Waals surface area contributed by atoms with Gasteiger partial charge in [0.05, 0.1) is 11.4 Å². The molecule has 8 heteroatoms. The SMILES string of the molecule is Cc1cc(C)c(NC(=O)Cn2nc(C)c(S(=O)(=O)N(C)C)c2C)c(C)c1. The number of aromatic nitrogens is 2. The Hall–Kier alpha value is -2.19. The van der Waals surface area contributed by atoms with E-state index in [-0.39, 0.29) is 17.3 Å². The second-order valence-corrected chi connectivity index (χ2v) is 8.86. The Bertz CT molecular complexity index is 936. The lowest BCUT2D eigenvalue weighted by molar-refractivity contribution is -0.117. The van der Waals surface area contributed by atoms with Crippen LogP contribution in [0.3, 0.4) is 0 Å². The molecule has 0 aliphatic carbocycles. The smallest absolute Gasteiger partial charge is 0.246 e. The number of nitrogens with zero attached hydrogens (tertiary/aromatic N) is 3. The van der Waals surface area contributed by atoms with Gasteiger partial charge in [0, 0.05) is 19.8 Å². The molecule has 0 aliphatic heterocycles. The summed E-state index contributed by atoms with van der Waals surface area (Å²) >= 11 is 0. The predicted molar refractivity (Wildman–Crippen MR) is 102 cm³/mol. The van der Waals surface area contributed by atoms with Crippen molar-refractivity contribution in [1.29, 1.82) is 0 Å². The van der Waals surface area contributed by atoms with Crippen LogP contribution in [0.2, 0.25) is 0 Å². The number of benzene rings is 1. The Balaban J connectivity index is 2.29. The van der Waals surface area contributed by atoms with Gasteiger partial charge in [-0.05, 0) is 45.7 Å². The molecule has 1 aromatic heterocycles. The van der Waals surface area contributed by atoms with Crippen molar-refractivity contribution in [3.8, 4) is 0 Å². The van der Waals surface area contributed by atoms with Gasteiger partial charge in [-0.2, -0.15) is 5.10 Å². The van der Waals surface area contributed by atoms with Gasteiger partial charge in [-0.25, -0.2) is 12.7 Å². The number of anilines is 1. The van der Waals surface area contributed by atoms with Gasteiger partial charge in [-0.3, -0.25) is 9.48 Å². The molecule has 0 radical (unpaired) electrons. The summed E-state index contributed by atoms with van der Waals surface area (Å²) in [6.45, 7) is 9.13. The van der Waals surface area contributed by atoms with Gasteiger partial charge in [0.15, 0.2) is 0 Å². The highest BCUT2D eigenvalue weighted by atomic mass is 32.2. The maximum absolute atomic E-state index is 12.5. The van der Waals surface area contributed by atoms with Crippen LogP contribution >= 0.6 is 0 Å². The molecule has 7 nitrogen and oxygen atoms in total. The molecular weight excluding hydrogens is 352 g/mol. The maximum Gasteiger partial charge on any atom is 0.246 e. The summed E-state index contributed by atoms with van der Waals surface area (Å²) in [5.41, 5.74) is 4.72. The molecule has 26 heavy (non-hydrogen) atoms. The van der Waals surface area contributed by atoms with E-state index in [9.17, 15) is 13.2 Å². The molecular formula is C18H26N4O3S. The summed E-state index contributed by atoms with van der Waals surface area (Å²) in [4.78, 5) is 12.6. The zero-order valence-electron chi connectivity index (χ0n) is 16.3. The summed E-state index contributed by atoms with van der Waals surface area (Å²) in [7, 11) is -0.665. The number of sulfonamides is 1. The highest BCUT2D eigenvalue weighted by Gasteiger charge is 2.27. The first-order chi connectivity index (χ1) is 11.9. The molecule has 1 N–H and O–H groups in total. The maximum atomic E-state index is 12.5. The fourth-order valence-electron chi connectivity index (χ4n) is 3.08. The van der Waals surface area contributed by atoms with Crippen molar-refractivity contribution in [3.63, 3.8) is 0 Å². The highest BCUT2D eigenvalue weighted by Crippen LogP contribution is 2.24. The lowest BCUT2D eigenvalue weighted by Gasteiger charge is -2.14. The minimum absolute atomic E-state index is 0.0532. The first-order valence-electron chi connectivity index (χ1n) is 8.29. The fourth-order valence-corrected chi connectivity index (χ4v) is 4.34. The van der Waals surface area contributed by atoms with Crippen molar-refractivity contribution in [2.45, 2.75) is 46.1 Å². The summed E-state index contributed by atoms with van der Waals surface area (Å²) in [6.07, 6.45) is 0. The minimum atomic E-state index is -3.61. The lowest BCUT2D eigenvalue weighted by atomic mass is 10.1. The van der Waals surface area contributed by atoms with Crippen LogP contribution in [0.15, 0.2) is 17.0 Å². The number of rotatable bonds is 5. The Morgan fingerprint density at radius 3 is 2.15 bits per heavy atom. The molecule has 1 aromatic carbocycles. The number of carbonyl (C=O) groups is 1. The van der Waals surface area contributed by atoms with Crippen molar-refractivity contribution < 1.29 is 13.2 Å². The van der Waals surface area contributed by atoms with Gasteiger partial charge in [0.25, 0.3) is 0 Å². The summed E-state index contributed by atoms with van der Waals surface area (Å²) in [5.74, 6) is -0.251. The highest BCUT2D eigenvalue weighted by molar-refractivity contribution is 7.89. The van der Waals surface area contributed by atoms with Crippen LogP contribution in [-0.2, 0) is 21.4 Å². The molecule has 2 aromatic rings. The van der Waals surface area contributed by atoms with Gasteiger partial charge in [0.2, 0.25) is 15.9 Å². The normalized spacial score (nSPS) is 11.8. The molecule has 0 spiro atoms. The summed E-state index contributed by atoms with van der Waals surface area (Å²) in [5, 5.41) is 7.16. The average molecular weight is 378 g/mol. The quantitative estimate of drug-likeness (QED) is 0.865. The van der Waals surface area contributed by atoms with Crippen molar-refractivity contribution in [1.82, 2.24) is 14.1 Å². The molecule has 0 fully saturated rings. The van der Waals surface area contributed by atoms with Gasteiger partial charge in [-0.15, -0.1) is 0 Å². The second-order valence-electron chi connectivity index (χ2n) is 6.77. The van der Waals surface area contributed by atoms with Crippen LogP contribution in [0.5, 0.6) is 0 Å². The van der Waals surface area contributed by atoms with E-state index in [1.54, 1.807) is 13.8 Å². The number of amides is 1. The molecule has 1 amide bonds. The van der Waals surface area contributed by atoms with E-state index in [4.69, 9.17) is 0 Å². The third-order valence-corrected chi connectivity index (χ3v) is 6.36. The Morgan fingerprint density at radius 2 is 1.65 bits per heavy atom. The Labute approximate surface area is 155 Å². The number of nitrogens with one attached hydrogen (secondary N) is 1. The topological polar surface area (TPSA) is 84.3 Å². The molecule has 0 aliphatic rings. The van der Waals surface area contributed by atoms with Gasteiger partial charge < -0.3 is 5.32 Å². The first kappa shape index (κ1) is 20.1. The third-order valence-electron chi connectivity index (χ3n) is 4.29. The lowest BCUT2D eigenvalue weighted by Crippen LogP contribution is -2.24.